The largest absolute Gasteiger partial charge is 0.480 e. The van der Waals surface area contributed by atoms with E-state index in [2.05, 4.69) is 20.6 Å². The summed E-state index contributed by atoms with van der Waals surface area (Å²) in [5.74, 6) is -4.02. The number of likely N-dealkylation sites (tertiary alicyclic amines) is 1. The van der Waals surface area contributed by atoms with E-state index in [1.54, 1.807) is 0 Å². The second kappa shape index (κ2) is 10.3. The summed E-state index contributed by atoms with van der Waals surface area (Å²) in [4.78, 5) is 67.1. The molecule has 1 aliphatic heterocycles. The second-order valence-corrected chi connectivity index (χ2v) is 6.92. The van der Waals surface area contributed by atoms with E-state index in [0.717, 1.165) is 0 Å². The normalized spacial score (nSPS) is 17.8. The van der Waals surface area contributed by atoms with Crippen LogP contribution in [0.4, 0.5) is 0 Å². The molecule has 0 saturated carbocycles. The SMILES string of the molecule is NC(=O)CC(NC(=O)C1CCCN1C(=O)CNC(=O)C(N)Cc1cnc[nH]1)C(=O)O. The lowest BCUT2D eigenvalue weighted by Crippen LogP contribution is -2.53. The number of hydrogen-bond acceptors (Lipinski definition) is 7. The summed E-state index contributed by atoms with van der Waals surface area (Å²) in [6.07, 6.45) is 3.50. The highest BCUT2D eigenvalue weighted by Gasteiger charge is 2.36. The quantitative estimate of drug-likeness (QED) is 0.225. The molecule has 3 unspecified atom stereocenters. The molecule has 0 aliphatic carbocycles. The summed E-state index contributed by atoms with van der Waals surface area (Å²) in [6, 6.07) is -3.27. The molecule has 0 bridgehead atoms. The first-order chi connectivity index (χ1) is 14.2. The Kier molecular flexibility index (Phi) is 7.86. The Balaban J connectivity index is 1.88. The fraction of sp³-hybridized carbons (Fsp3) is 0.529. The molecule has 30 heavy (non-hydrogen) atoms. The van der Waals surface area contributed by atoms with Gasteiger partial charge in [0.05, 0.1) is 25.3 Å². The number of aliphatic carboxylic acids is 1. The summed E-state index contributed by atoms with van der Waals surface area (Å²) in [6.45, 7) is -0.0799. The van der Waals surface area contributed by atoms with Gasteiger partial charge in [-0.1, -0.05) is 0 Å². The molecule has 1 aromatic heterocycles. The highest BCUT2D eigenvalue weighted by Crippen LogP contribution is 2.17. The molecule has 0 spiro atoms. The zero-order valence-electron chi connectivity index (χ0n) is 16.2. The molecule has 8 N–H and O–H groups in total. The predicted octanol–water partition coefficient (Wildman–Crippen LogP) is -3.17. The average Bonchev–Trinajstić information content (AvgIpc) is 3.36. The van der Waals surface area contributed by atoms with Gasteiger partial charge in [-0.25, -0.2) is 9.78 Å². The van der Waals surface area contributed by atoms with Gasteiger partial charge in [-0.3, -0.25) is 19.2 Å². The number of imidazole rings is 1. The van der Waals surface area contributed by atoms with Gasteiger partial charge in [0, 0.05) is 24.9 Å². The number of nitrogens with two attached hydrogens (primary N) is 2. The van der Waals surface area contributed by atoms with Crippen LogP contribution < -0.4 is 22.1 Å². The molecular formula is C17H25N7O6. The van der Waals surface area contributed by atoms with Crippen LogP contribution in [0.2, 0.25) is 0 Å². The Morgan fingerprint density at radius 2 is 2.07 bits per heavy atom. The maximum Gasteiger partial charge on any atom is 0.326 e. The number of carboxylic acid groups (broad SMARTS) is 1. The highest BCUT2D eigenvalue weighted by molar-refractivity contribution is 5.94. The summed E-state index contributed by atoms with van der Waals surface area (Å²) in [5.41, 5.74) is 11.5. The van der Waals surface area contributed by atoms with Gasteiger partial charge in [-0.05, 0) is 12.8 Å². The first-order valence-electron chi connectivity index (χ1n) is 9.30. The molecule has 13 nitrogen and oxygen atoms in total. The van der Waals surface area contributed by atoms with E-state index in [1.807, 2.05) is 0 Å². The number of H-pyrrole nitrogens is 1. The van der Waals surface area contributed by atoms with Gasteiger partial charge in [-0.2, -0.15) is 0 Å². The molecule has 164 valence electrons. The average molecular weight is 423 g/mol. The number of aromatic nitrogens is 2. The van der Waals surface area contributed by atoms with Crippen LogP contribution in [0.3, 0.4) is 0 Å². The van der Waals surface area contributed by atoms with Crippen molar-refractivity contribution in [1.82, 2.24) is 25.5 Å². The molecule has 1 fully saturated rings. The Morgan fingerprint density at radius 3 is 2.67 bits per heavy atom. The number of hydrogen-bond donors (Lipinski definition) is 6. The van der Waals surface area contributed by atoms with Gasteiger partial charge < -0.3 is 37.1 Å². The Labute approximate surface area is 171 Å². The Hall–Kier alpha value is -3.48. The molecule has 1 saturated heterocycles. The molecule has 1 aliphatic rings. The number of carboxylic acids is 1. The molecule has 13 heteroatoms. The van der Waals surface area contributed by atoms with Crippen molar-refractivity contribution < 1.29 is 29.1 Å². The van der Waals surface area contributed by atoms with E-state index in [1.165, 1.54) is 17.4 Å². The first-order valence-corrected chi connectivity index (χ1v) is 9.30. The van der Waals surface area contributed by atoms with Gasteiger partial charge in [0.1, 0.15) is 12.1 Å². The first kappa shape index (κ1) is 22.8. The van der Waals surface area contributed by atoms with Crippen molar-refractivity contribution in [2.45, 2.75) is 43.8 Å². The van der Waals surface area contributed by atoms with Crippen LogP contribution in [0.25, 0.3) is 0 Å². The van der Waals surface area contributed by atoms with E-state index in [4.69, 9.17) is 16.6 Å². The topological polar surface area (TPSA) is 214 Å². The van der Waals surface area contributed by atoms with Crippen LogP contribution in [-0.2, 0) is 30.4 Å². The maximum atomic E-state index is 12.5. The summed E-state index contributed by atoms with van der Waals surface area (Å²) >= 11 is 0. The van der Waals surface area contributed by atoms with Crippen LogP contribution in [0, 0.1) is 0 Å². The third-order valence-corrected chi connectivity index (χ3v) is 4.64. The van der Waals surface area contributed by atoms with Crippen molar-refractivity contribution in [3.05, 3.63) is 18.2 Å². The van der Waals surface area contributed by atoms with Crippen LogP contribution in [0.15, 0.2) is 12.5 Å². The number of nitrogens with zero attached hydrogens (tertiary/aromatic N) is 2. The van der Waals surface area contributed by atoms with E-state index >= 15 is 0 Å². The number of carbonyl (C=O) groups excluding carboxylic acids is 4. The number of primary amides is 1. The fourth-order valence-corrected chi connectivity index (χ4v) is 3.13. The molecule has 2 heterocycles. The van der Waals surface area contributed by atoms with Crippen molar-refractivity contribution in [2.75, 3.05) is 13.1 Å². The van der Waals surface area contributed by atoms with Gasteiger partial charge in [0.2, 0.25) is 23.6 Å². The molecular weight excluding hydrogens is 398 g/mol. The highest BCUT2D eigenvalue weighted by atomic mass is 16.4. The third-order valence-electron chi connectivity index (χ3n) is 4.64. The van der Waals surface area contributed by atoms with Gasteiger partial charge in [-0.15, -0.1) is 0 Å². The molecule has 0 aromatic carbocycles. The number of aromatic amines is 1. The predicted molar refractivity (Wildman–Crippen MR) is 101 cm³/mol. The van der Waals surface area contributed by atoms with Crippen molar-refractivity contribution in [3.63, 3.8) is 0 Å². The minimum atomic E-state index is -1.48. The van der Waals surface area contributed by atoms with E-state index in [-0.39, 0.29) is 19.5 Å². The Bertz CT molecular complexity index is 797. The summed E-state index contributed by atoms with van der Waals surface area (Å²) in [7, 11) is 0. The van der Waals surface area contributed by atoms with E-state index in [0.29, 0.717) is 18.5 Å². The Morgan fingerprint density at radius 1 is 1.33 bits per heavy atom. The van der Waals surface area contributed by atoms with E-state index in [9.17, 15) is 24.0 Å². The molecule has 3 atom stereocenters. The number of rotatable bonds is 10. The molecule has 2 rings (SSSR count). The smallest absolute Gasteiger partial charge is 0.326 e. The summed E-state index contributed by atoms with van der Waals surface area (Å²) in [5, 5.41) is 13.8. The molecule has 4 amide bonds. The van der Waals surface area contributed by atoms with Crippen LogP contribution in [-0.4, -0.2) is 80.8 Å². The van der Waals surface area contributed by atoms with Crippen molar-refractivity contribution in [2.24, 2.45) is 11.5 Å². The zero-order chi connectivity index (χ0) is 22.3. The number of carbonyl (C=O) groups is 5. The van der Waals surface area contributed by atoms with Crippen LogP contribution in [0.1, 0.15) is 25.0 Å². The van der Waals surface area contributed by atoms with E-state index < -0.39 is 54.1 Å². The zero-order valence-corrected chi connectivity index (χ0v) is 16.2. The fourth-order valence-electron chi connectivity index (χ4n) is 3.13. The standard InChI is InChI=1S/C17H25N7O6/c18-10(4-9-6-20-8-22-9)15(27)21-7-14(26)24-3-1-2-12(24)16(28)23-11(17(29)30)5-13(19)25/h6,8,10-12H,1-5,7,18H2,(H2,19,25)(H,20,22)(H,21,27)(H,23,28)(H,29,30). The van der Waals surface area contributed by atoms with Gasteiger partial charge in [0.15, 0.2) is 0 Å². The van der Waals surface area contributed by atoms with Crippen molar-refractivity contribution in [3.8, 4) is 0 Å². The second-order valence-electron chi connectivity index (χ2n) is 6.92. The van der Waals surface area contributed by atoms with Gasteiger partial charge in [0.25, 0.3) is 0 Å². The molecule has 0 radical (unpaired) electrons. The lowest BCUT2D eigenvalue weighted by Gasteiger charge is -2.25. The van der Waals surface area contributed by atoms with Crippen LogP contribution in [0.5, 0.6) is 0 Å². The third kappa shape index (κ3) is 6.27. The van der Waals surface area contributed by atoms with Crippen molar-refractivity contribution >= 4 is 29.6 Å². The monoisotopic (exact) mass is 423 g/mol. The lowest BCUT2D eigenvalue weighted by molar-refractivity contribution is -0.145. The minimum absolute atomic E-state index is 0.214. The molecule has 1 aromatic rings. The maximum absolute atomic E-state index is 12.5. The number of amides is 4. The number of nitrogens with one attached hydrogen (secondary N) is 3. The van der Waals surface area contributed by atoms with Crippen molar-refractivity contribution in [1.29, 1.82) is 0 Å². The lowest BCUT2D eigenvalue weighted by atomic mass is 10.1. The van der Waals surface area contributed by atoms with Gasteiger partial charge >= 0.3 is 5.97 Å². The van der Waals surface area contributed by atoms with Crippen LogP contribution >= 0.6 is 0 Å². The minimum Gasteiger partial charge on any atom is -0.480 e. The summed E-state index contributed by atoms with van der Waals surface area (Å²) < 4.78 is 0.